The molecule has 106 valence electrons. The van der Waals surface area contributed by atoms with Gasteiger partial charge in [0.25, 0.3) is 0 Å². The van der Waals surface area contributed by atoms with Gasteiger partial charge in [-0.3, -0.25) is 4.79 Å². The molecule has 0 bridgehead atoms. The second-order valence-electron chi connectivity index (χ2n) is 4.00. The number of aliphatic hydroxyl groups excluding tert-OH is 1. The van der Waals surface area contributed by atoms with Gasteiger partial charge in [0.15, 0.2) is 6.10 Å². The zero-order chi connectivity index (χ0) is 14.8. The Morgan fingerprint density at radius 2 is 1.74 bits per heavy atom. The molecule has 0 fully saturated rings. The molecule has 0 unspecified atom stereocenters. The summed E-state index contributed by atoms with van der Waals surface area (Å²) in [6.07, 6.45) is -2.54. The van der Waals surface area contributed by atoms with Gasteiger partial charge in [-0.15, -0.1) is 0 Å². The lowest BCUT2D eigenvalue weighted by Crippen LogP contribution is -2.22. The summed E-state index contributed by atoms with van der Waals surface area (Å²) in [4.78, 5) is 19.4. The minimum Gasteiger partial charge on any atom is -0.481 e. The van der Waals surface area contributed by atoms with Crippen molar-refractivity contribution in [1.29, 1.82) is 0 Å². The molecule has 0 saturated heterocycles. The summed E-state index contributed by atoms with van der Waals surface area (Å²) in [6, 6.07) is 10.3. The van der Waals surface area contributed by atoms with Crippen LogP contribution in [0.15, 0.2) is 30.3 Å². The first kappa shape index (κ1) is 17.1. The highest BCUT2D eigenvalue weighted by atomic mass is 16.4. The first-order valence-electron chi connectivity index (χ1n) is 5.76. The minimum atomic E-state index is -1.79. The molecule has 0 amide bonds. The molecule has 0 aliphatic heterocycles. The standard InChI is InChI=1S/C9H13N.C4H6O5/c1-8(7-10)9-5-3-2-4-6-9;5-2(4(8)9)1-3(6)7/h2-6,8H,7,10H2,1H3;2,5H,1H2,(H,6,7)(H,8,9)/t8-;2-/m01/s1. The Hall–Kier alpha value is -1.92. The number of carbonyl (C=O) groups is 2. The van der Waals surface area contributed by atoms with E-state index in [9.17, 15) is 9.59 Å². The van der Waals surface area contributed by atoms with Gasteiger partial charge in [-0.25, -0.2) is 4.79 Å². The van der Waals surface area contributed by atoms with Crippen LogP contribution >= 0.6 is 0 Å². The van der Waals surface area contributed by atoms with E-state index in [-0.39, 0.29) is 0 Å². The van der Waals surface area contributed by atoms with E-state index in [1.165, 1.54) is 5.56 Å². The second-order valence-corrected chi connectivity index (χ2v) is 4.00. The molecule has 1 rings (SSSR count). The van der Waals surface area contributed by atoms with Crippen LogP contribution in [0, 0.1) is 0 Å². The van der Waals surface area contributed by atoms with Gasteiger partial charge in [0.1, 0.15) is 0 Å². The molecule has 0 spiro atoms. The summed E-state index contributed by atoms with van der Waals surface area (Å²) in [5.41, 5.74) is 6.83. The Bertz CT molecular complexity index is 393. The maximum atomic E-state index is 9.72. The largest absolute Gasteiger partial charge is 0.481 e. The summed E-state index contributed by atoms with van der Waals surface area (Å²) in [5, 5.41) is 24.1. The number of hydrogen-bond acceptors (Lipinski definition) is 4. The molecule has 0 heterocycles. The highest BCUT2D eigenvalue weighted by Crippen LogP contribution is 2.11. The quantitative estimate of drug-likeness (QED) is 0.623. The van der Waals surface area contributed by atoms with Crippen molar-refractivity contribution in [3.05, 3.63) is 35.9 Å². The Balaban J connectivity index is 0.000000344. The smallest absolute Gasteiger partial charge is 0.333 e. The van der Waals surface area contributed by atoms with Crippen LogP contribution in [0.5, 0.6) is 0 Å². The molecule has 6 nitrogen and oxygen atoms in total. The summed E-state index contributed by atoms with van der Waals surface area (Å²) >= 11 is 0. The molecular weight excluding hydrogens is 250 g/mol. The number of rotatable bonds is 5. The van der Waals surface area contributed by atoms with Crippen molar-refractivity contribution < 1.29 is 24.9 Å². The van der Waals surface area contributed by atoms with E-state index in [1.807, 2.05) is 18.2 Å². The average Bonchev–Trinajstić information content (AvgIpc) is 2.38. The maximum absolute atomic E-state index is 9.72. The van der Waals surface area contributed by atoms with E-state index in [2.05, 4.69) is 19.1 Å². The van der Waals surface area contributed by atoms with Crippen molar-refractivity contribution in [2.45, 2.75) is 25.4 Å². The molecule has 1 aromatic carbocycles. The van der Waals surface area contributed by atoms with Crippen LogP contribution < -0.4 is 5.73 Å². The van der Waals surface area contributed by atoms with Crippen LogP contribution in [0.25, 0.3) is 0 Å². The third kappa shape index (κ3) is 7.91. The molecule has 19 heavy (non-hydrogen) atoms. The predicted molar refractivity (Wildman–Crippen MR) is 69.8 cm³/mol. The number of benzene rings is 1. The number of hydrogen-bond donors (Lipinski definition) is 4. The molecular formula is C13H19NO5. The second kappa shape index (κ2) is 9.07. The van der Waals surface area contributed by atoms with Gasteiger partial charge in [-0.1, -0.05) is 37.3 Å². The van der Waals surface area contributed by atoms with Gasteiger partial charge in [0.05, 0.1) is 6.42 Å². The molecule has 0 radical (unpaired) electrons. The van der Waals surface area contributed by atoms with Crippen LogP contribution in [-0.4, -0.2) is 39.9 Å². The number of carboxylic acid groups (broad SMARTS) is 2. The summed E-state index contributed by atoms with van der Waals surface area (Å²) in [6.45, 7) is 2.86. The fraction of sp³-hybridized carbons (Fsp3) is 0.385. The predicted octanol–water partition coefficient (Wildman–Crippen LogP) is 0.655. The lowest BCUT2D eigenvalue weighted by Gasteiger charge is -2.06. The van der Waals surface area contributed by atoms with Crippen molar-refractivity contribution in [3.8, 4) is 0 Å². The Labute approximate surface area is 111 Å². The van der Waals surface area contributed by atoms with Crippen molar-refractivity contribution >= 4 is 11.9 Å². The summed E-state index contributed by atoms with van der Waals surface area (Å²) in [7, 11) is 0. The van der Waals surface area contributed by atoms with E-state index in [0.717, 1.165) is 6.54 Å². The van der Waals surface area contributed by atoms with E-state index in [1.54, 1.807) is 0 Å². The lowest BCUT2D eigenvalue weighted by atomic mass is 10.0. The Morgan fingerprint density at radius 3 is 2.05 bits per heavy atom. The van der Waals surface area contributed by atoms with Crippen LogP contribution in [0.1, 0.15) is 24.8 Å². The molecule has 0 aliphatic rings. The number of aliphatic hydroxyl groups is 1. The minimum absolute atomic E-state index is 0.487. The van der Waals surface area contributed by atoms with Crippen LogP contribution in [0.3, 0.4) is 0 Å². The SMILES string of the molecule is C[C@@H](CN)c1ccccc1.O=C(O)C[C@@H](O)C(=O)O. The van der Waals surface area contributed by atoms with Crippen LogP contribution in [-0.2, 0) is 9.59 Å². The van der Waals surface area contributed by atoms with Crippen LogP contribution in [0.2, 0.25) is 0 Å². The molecule has 0 aromatic heterocycles. The normalized spacial score (nSPS) is 12.8. The van der Waals surface area contributed by atoms with Gasteiger partial charge < -0.3 is 21.1 Å². The van der Waals surface area contributed by atoms with E-state index in [0.29, 0.717) is 5.92 Å². The van der Waals surface area contributed by atoms with E-state index >= 15 is 0 Å². The molecule has 5 N–H and O–H groups in total. The zero-order valence-electron chi connectivity index (χ0n) is 10.7. The van der Waals surface area contributed by atoms with Crippen molar-refractivity contribution in [2.24, 2.45) is 5.73 Å². The van der Waals surface area contributed by atoms with Gasteiger partial charge in [-0.2, -0.15) is 0 Å². The first-order valence-corrected chi connectivity index (χ1v) is 5.76. The van der Waals surface area contributed by atoms with Crippen LogP contribution in [0.4, 0.5) is 0 Å². The Kier molecular flexibility index (Phi) is 8.15. The molecule has 6 heteroatoms. The number of nitrogens with two attached hydrogens (primary N) is 1. The lowest BCUT2D eigenvalue weighted by molar-refractivity contribution is -0.152. The highest BCUT2D eigenvalue weighted by molar-refractivity contribution is 5.79. The Morgan fingerprint density at radius 1 is 1.21 bits per heavy atom. The topological polar surface area (TPSA) is 121 Å². The maximum Gasteiger partial charge on any atom is 0.333 e. The monoisotopic (exact) mass is 269 g/mol. The van der Waals surface area contributed by atoms with E-state index in [4.69, 9.17) is 21.1 Å². The van der Waals surface area contributed by atoms with Gasteiger partial charge in [0, 0.05) is 0 Å². The third-order valence-electron chi connectivity index (χ3n) is 2.38. The number of aliphatic carboxylic acids is 2. The third-order valence-corrected chi connectivity index (χ3v) is 2.38. The highest BCUT2D eigenvalue weighted by Gasteiger charge is 2.16. The molecule has 0 aliphatic carbocycles. The van der Waals surface area contributed by atoms with Gasteiger partial charge >= 0.3 is 11.9 Å². The summed E-state index contributed by atoms with van der Waals surface area (Å²) < 4.78 is 0. The fourth-order valence-corrected chi connectivity index (χ4v) is 1.17. The molecule has 0 saturated carbocycles. The van der Waals surface area contributed by atoms with Crippen molar-refractivity contribution in [1.82, 2.24) is 0 Å². The zero-order valence-corrected chi connectivity index (χ0v) is 10.7. The first-order chi connectivity index (χ1) is 8.88. The van der Waals surface area contributed by atoms with Gasteiger partial charge in [-0.05, 0) is 18.0 Å². The average molecular weight is 269 g/mol. The summed E-state index contributed by atoms with van der Waals surface area (Å²) in [5.74, 6) is -2.36. The van der Waals surface area contributed by atoms with Gasteiger partial charge in [0.2, 0.25) is 0 Å². The van der Waals surface area contributed by atoms with Crippen molar-refractivity contribution in [3.63, 3.8) is 0 Å². The van der Waals surface area contributed by atoms with Crippen molar-refractivity contribution in [2.75, 3.05) is 6.54 Å². The number of carboxylic acids is 2. The molecule has 2 atom stereocenters. The molecule has 1 aromatic rings. The van der Waals surface area contributed by atoms with E-state index < -0.39 is 24.5 Å². The fourth-order valence-electron chi connectivity index (χ4n) is 1.17.